The number of carbonyl (C=O) groups is 2. The van der Waals surface area contributed by atoms with Crippen molar-refractivity contribution in [3.8, 4) is 5.69 Å². The first-order valence-corrected chi connectivity index (χ1v) is 13.5. The molecule has 2 aromatic carbocycles. The predicted molar refractivity (Wildman–Crippen MR) is 153 cm³/mol. The molecule has 0 fully saturated rings. The third kappa shape index (κ3) is 8.02. The molecule has 0 aliphatic heterocycles. The lowest BCUT2D eigenvalue weighted by Gasteiger charge is -2.22. The Morgan fingerprint density at radius 1 is 1.03 bits per heavy atom. The van der Waals surface area contributed by atoms with Crippen LogP contribution < -0.4 is 5.32 Å². The summed E-state index contributed by atoms with van der Waals surface area (Å²) in [7, 11) is 1.63. The van der Waals surface area contributed by atoms with Crippen LogP contribution in [-0.2, 0) is 21.4 Å². The van der Waals surface area contributed by atoms with Crippen LogP contribution in [0.1, 0.15) is 74.1 Å². The topological polar surface area (TPSA) is 76.5 Å². The lowest BCUT2D eigenvalue weighted by molar-refractivity contribution is -0.117. The van der Waals surface area contributed by atoms with Crippen molar-refractivity contribution in [3.05, 3.63) is 77.0 Å². The highest BCUT2D eigenvalue weighted by Crippen LogP contribution is 2.26. The molecule has 7 heteroatoms. The van der Waals surface area contributed by atoms with E-state index in [9.17, 15) is 9.59 Å². The monoisotopic (exact) mass is 518 g/mol. The Labute approximate surface area is 227 Å². The minimum absolute atomic E-state index is 0.0654. The van der Waals surface area contributed by atoms with Crippen molar-refractivity contribution < 1.29 is 14.3 Å². The van der Waals surface area contributed by atoms with Crippen molar-refractivity contribution >= 4 is 17.6 Å². The van der Waals surface area contributed by atoms with Crippen LogP contribution in [0.5, 0.6) is 0 Å². The van der Waals surface area contributed by atoms with E-state index in [0.29, 0.717) is 31.0 Å². The second kappa shape index (κ2) is 13.4. The maximum atomic E-state index is 13.4. The van der Waals surface area contributed by atoms with Crippen LogP contribution in [0, 0.1) is 6.92 Å². The second-order valence-electron chi connectivity index (χ2n) is 10.8. The van der Waals surface area contributed by atoms with Crippen molar-refractivity contribution in [1.82, 2.24) is 14.7 Å². The summed E-state index contributed by atoms with van der Waals surface area (Å²) in [6.45, 7) is 11.3. The van der Waals surface area contributed by atoms with Gasteiger partial charge in [0.05, 0.1) is 11.4 Å². The number of amides is 2. The fourth-order valence-corrected chi connectivity index (χ4v) is 4.10. The smallest absolute Gasteiger partial charge is 0.254 e. The SMILES string of the molecule is CCCCc1ccc(C(=O)N(CCCOC)CC(=O)Nc2cc(C(C)(C)C)nn2-c2ccc(C)cc2)cc1. The number of hydrogen-bond acceptors (Lipinski definition) is 4. The molecular weight excluding hydrogens is 476 g/mol. The summed E-state index contributed by atoms with van der Waals surface area (Å²) in [5, 5.41) is 7.80. The van der Waals surface area contributed by atoms with Crippen molar-refractivity contribution in [2.45, 2.75) is 65.7 Å². The molecule has 3 aromatic rings. The quantitative estimate of drug-likeness (QED) is 0.301. The molecule has 7 nitrogen and oxygen atoms in total. The largest absolute Gasteiger partial charge is 0.385 e. The molecule has 0 saturated carbocycles. The van der Waals surface area contributed by atoms with Gasteiger partial charge in [-0.25, -0.2) is 4.68 Å². The van der Waals surface area contributed by atoms with E-state index in [1.54, 1.807) is 16.7 Å². The van der Waals surface area contributed by atoms with Gasteiger partial charge < -0.3 is 15.0 Å². The van der Waals surface area contributed by atoms with Crippen LogP contribution in [0.15, 0.2) is 54.6 Å². The van der Waals surface area contributed by atoms with Gasteiger partial charge in [0.25, 0.3) is 5.91 Å². The zero-order chi connectivity index (χ0) is 27.7. The van der Waals surface area contributed by atoms with Crippen LogP contribution in [0.4, 0.5) is 5.82 Å². The maximum Gasteiger partial charge on any atom is 0.254 e. The number of anilines is 1. The minimum Gasteiger partial charge on any atom is -0.385 e. The Kier molecular flexibility index (Phi) is 10.2. The molecule has 1 N–H and O–H groups in total. The normalized spacial score (nSPS) is 11.4. The zero-order valence-electron chi connectivity index (χ0n) is 23.7. The molecule has 38 heavy (non-hydrogen) atoms. The first kappa shape index (κ1) is 29.1. The van der Waals surface area contributed by atoms with Crippen LogP contribution >= 0.6 is 0 Å². The minimum atomic E-state index is -0.274. The summed E-state index contributed by atoms with van der Waals surface area (Å²) < 4.78 is 6.94. The number of unbranched alkanes of at least 4 members (excludes halogenated alkanes) is 1. The van der Waals surface area contributed by atoms with Gasteiger partial charge >= 0.3 is 0 Å². The zero-order valence-corrected chi connectivity index (χ0v) is 23.7. The Bertz CT molecular complexity index is 1190. The molecule has 0 unspecified atom stereocenters. The maximum absolute atomic E-state index is 13.4. The summed E-state index contributed by atoms with van der Waals surface area (Å²) in [6, 6.07) is 17.6. The van der Waals surface area contributed by atoms with E-state index in [-0.39, 0.29) is 23.8 Å². The van der Waals surface area contributed by atoms with E-state index in [1.807, 2.05) is 61.5 Å². The van der Waals surface area contributed by atoms with E-state index in [4.69, 9.17) is 9.84 Å². The van der Waals surface area contributed by atoms with Crippen molar-refractivity contribution in [2.75, 3.05) is 32.1 Å². The average Bonchev–Trinajstić information content (AvgIpc) is 3.31. The molecule has 0 spiro atoms. The van der Waals surface area contributed by atoms with Gasteiger partial charge in [-0.1, -0.05) is 63.9 Å². The van der Waals surface area contributed by atoms with E-state index in [1.165, 1.54) is 5.56 Å². The first-order valence-electron chi connectivity index (χ1n) is 13.5. The van der Waals surface area contributed by atoms with Gasteiger partial charge in [0.1, 0.15) is 12.4 Å². The average molecular weight is 519 g/mol. The number of nitrogens with one attached hydrogen (secondary N) is 1. The number of aryl methyl sites for hydroxylation is 2. The van der Waals surface area contributed by atoms with Gasteiger partial charge in [-0.3, -0.25) is 9.59 Å². The Morgan fingerprint density at radius 2 is 1.71 bits per heavy atom. The highest BCUT2D eigenvalue weighted by atomic mass is 16.5. The third-order valence-electron chi connectivity index (χ3n) is 6.44. The molecule has 1 aromatic heterocycles. The number of methoxy groups -OCH3 is 1. The van der Waals surface area contributed by atoms with Gasteiger partial charge in [0.2, 0.25) is 5.91 Å². The van der Waals surface area contributed by atoms with E-state index < -0.39 is 0 Å². The lowest BCUT2D eigenvalue weighted by atomic mass is 9.92. The number of aromatic nitrogens is 2. The summed E-state index contributed by atoms with van der Waals surface area (Å²) in [6.07, 6.45) is 3.88. The number of rotatable bonds is 12. The molecule has 2 amide bonds. The molecule has 204 valence electrons. The Hall–Kier alpha value is -3.45. The number of ether oxygens (including phenoxy) is 1. The van der Waals surface area contributed by atoms with Gasteiger partial charge in [-0.15, -0.1) is 0 Å². The van der Waals surface area contributed by atoms with E-state index in [2.05, 4.69) is 33.0 Å². The van der Waals surface area contributed by atoms with Gasteiger partial charge in [0, 0.05) is 37.3 Å². The number of carbonyl (C=O) groups excluding carboxylic acids is 2. The summed E-state index contributed by atoms with van der Waals surface area (Å²) in [4.78, 5) is 28.3. The lowest BCUT2D eigenvalue weighted by Crippen LogP contribution is -2.39. The molecular formula is C31H42N4O3. The van der Waals surface area contributed by atoms with Gasteiger partial charge in [-0.05, 0) is 56.0 Å². The summed E-state index contributed by atoms with van der Waals surface area (Å²) in [5.41, 5.74) is 4.47. The third-order valence-corrected chi connectivity index (χ3v) is 6.44. The van der Waals surface area contributed by atoms with Crippen molar-refractivity contribution in [2.24, 2.45) is 0 Å². The second-order valence-corrected chi connectivity index (χ2v) is 10.8. The molecule has 0 aliphatic rings. The molecule has 0 aliphatic carbocycles. The Morgan fingerprint density at radius 3 is 2.32 bits per heavy atom. The van der Waals surface area contributed by atoms with E-state index >= 15 is 0 Å². The van der Waals surface area contributed by atoms with Crippen LogP contribution in [0.25, 0.3) is 5.69 Å². The number of hydrogen-bond donors (Lipinski definition) is 1. The molecule has 3 rings (SSSR count). The summed E-state index contributed by atoms with van der Waals surface area (Å²) >= 11 is 0. The Balaban J connectivity index is 1.81. The summed E-state index contributed by atoms with van der Waals surface area (Å²) in [5.74, 6) is 0.137. The van der Waals surface area contributed by atoms with Gasteiger partial charge in [0.15, 0.2) is 0 Å². The number of benzene rings is 2. The first-order chi connectivity index (χ1) is 18.1. The molecule has 0 radical (unpaired) electrons. The van der Waals surface area contributed by atoms with Gasteiger partial charge in [-0.2, -0.15) is 5.10 Å². The van der Waals surface area contributed by atoms with E-state index in [0.717, 1.165) is 36.2 Å². The van der Waals surface area contributed by atoms with Crippen LogP contribution in [-0.4, -0.2) is 53.3 Å². The highest BCUT2D eigenvalue weighted by Gasteiger charge is 2.23. The molecule has 0 bridgehead atoms. The fraction of sp³-hybridized carbons (Fsp3) is 0.452. The number of nitrogens with zero attached hydrogens (tertiary/aromatic N) is 3. The van der Waals surface area contributed by atoms with Crippen LogP contribution in [0.2, 0.25) is 0 Å². The highest BCUT2D eigenvalue weighted by molar-refractivity contribution is 5.99. The standard InChI is InChI=1S/C31H42N4O3/c1-7-8-10-24-13-15-25(16-14-24)30(37)34(19-9-20-38-6)22-29(36)32-28-21-27(31(3,4)5)33-35(28)26-17-11-23(2)12-18-26/h11-18,21H,7-10,19-20,22H2,1-6H3,(H,32,36). The van der Waals surface area contributed by atoms with Crippen LogP contribution in [0.3, 0.4) is 0 Å². The van der Waals surface area contributed by atoms with Crippen molar-refractivity contribution in [1.29, 1.82) is 0 Å². The molecule has 0 saturated heterocycles. The van der Waals surface area contributed by atoms with Crippen molar-refractivity contribution in [3.63, 3.8) is 0 Å². The molecule has 1 heterocycles. The fourth-order valence-electron chi connectivity index (χ4n) is 4.10. The predicted octanol–water partition coefficient (Wildman–Crippen LogP) is 5.94. The molecule has 0 atom stereocenters.